The van der Waals surface area contributed by atoms with Crippen molar-refractivity contribution in [1.82, 2.24) is 20.2 Å². The number of nitrogens with zero attached hydrogens (tertiary/aromatic N) is 3. The Balaban J connectivity index is 1.57. The molecular formula is C25H28N4O3. The molecule has 0 saturated carbocycles. The maximum atomic E-state index is 12.9. The number of hydrogen-bond donors (Lipinski definition) is 1. The van der Waals surface area contributed by atoms with Crippen molar-refractivity contribution in [1.29, 1.82) is 0 Å². The van der Waals surface area contributed by atoms with Crippen LogP contribution in [-0.2, 0) is 16.0 Å². The van der Waals surface area contributed by atoms with Gasteiger partial charge >= 0.3 is 0 Å². The molecule has 1 fully saturated rings. The SMILES string of the molecule is CC(C)CNC(=O)c1cc(C2CN(C(=O)Cc3ccccn3)CCO2)nc2ccccc12. The van der Waals surface area contributed by atoms with E-state index in [9.17, 15) is 9.59 Å². The first-order valence-corrected chi connectivity index (χ1v) is 11.0. The van der Waals surface area contributed by atoms with Gasteiger partial charge in [0.15, 0.2) is 0 Å². The average Bonchev–Trinajstić information content (AvgIpc) is 2.82. The topological polar surface area (TPSA) is 84.4 Å². The summed E-state index contributed by atoms with van der Waals surface area (Å²) in [6, 6.07) is 15.0. The van der Waals surface area contributed by atoms with Crippen LogP contribution in [0.15, 0.2) is 54.7 Å². The number of carbonyl (C=O) groups is 2. The standard InChI is InChI=1S/C25H28N4O3/c1-17(2)15-27-25(31)20-14-22(28-21-9-4-3-8-19(20)21)23-16-29(11-12-32-23)24(30)13-18-7-5-6-10-26-18/h3-10,14,17,23H,11-13,15-16H2,1-2H3,(H,27,31). The normalized spacial score (nSPS) is 16.3. The molecule has 166 valence electrons. The van der Waals surface area contributed by atoms with Gasteiger partial charge in [0.2, 0.25) is 5.91 Å². The van der Waals surface area contributed by atoms with Crippen molar-refractivity contribution in [2.75, 3.05) is 26.2 Å². The van der Waals surface area contributed by atoms with Gasteiger partial charge in [-0.1, -0.05) is 38.1 Å². The Kier molecular flexibility index (Phi) is 6.75. The highest BCUT2D eigenvalue weighted by molar-refractivity contribution is 6.06. The van der Waals surface area contributed by atoms with E-state index < -0.39 is 6.10 Å². The van der Waals surface area contributed by atoms with Gasteiger partial charge in [-0.25, -0.2) is 4.98 Å². The van der Waals surface area contributed by atoms with Gasteiger partial charge in [-0.05, 0) is 30.2 Å². The molecule has 7 nitrogen and oxygen atoms in total. The van der Waals surface area contributed by atoms with Crippen LogP contribution in [0.25, 0.3) is 10.9 Å². The summed E-state index contributed by atoms with van der Waals surface area (Å²) in [5, 5.41) is 3.80. The lowest BCUT2D eigenvalue weighted by Crippen LogP contribution is -2.43. The van der Waals surface area contributed by atoms with E-state index in [1.54, 1.807) is 17.2 Å². The van der Waals surface area contributed by atoms with Crippen molar-refractivity contribution in [2.24, 2.45) is 5.92 Å². The number of aromatic nitrogens is 2. The number of fused-ring (bicyclic) bond motifs is 1. The summed E-state index contributed by atoms with van der Waals surface area (Å²) in [6.45, 7) is 6.05. The maximum Gasteiger partial charge on any atom is 0.252 e. The third-order valence-electron chi connectivity index (χ3n) is 5.46. The molecule has 1 aromatic carbocycles. The molecule has 1 saturated heterocycles. The number of ether oxygens (including phenoxy) is 1. The lowest BCUT2D eigenvalue weighted by atomic mass is 10.0. The van der Waals surface area contributed by atoms with Crippen LogP contribution in [0, 0.1) is 5.92 Å². The quantitative estimate of drug-likeness (QED) is 0.647. The smallest absolute Gasteiger partial charge is 0.252 e. The zero-order valence-corrected chi connectivity index (χ0v) is 18.5. The highest BCUT2D eigenvalue weighted by atomic mass is 16.5. The second kappa shape index (κ2) is 9.87. The minimum absolute atomic E-state index is 0.00712. The Labute approximate surface area is 187 Å². The molecule has 0 bridgehead atoms. The fraction of sp³-hybridized carbons (Fsp3) is 0.360. The Morgan fingerprint density at radius 1 is 1.19 bits per heavy atom. The molecule has 0 aliphatic carbocycles. The van der Waals surface area contributed by atoms with E-state index in [0.29, 0.717) is 43.4 Å². The number of rotatable bonds is 6. The van der Waals surface area contributed by atoms with Crippen LogP contribution in [0.4, 0.5) is 0 Å². The van der Waals surface area contributed by atoms with Crippen LogP contribution in [0.3, 0.4) is 0 Å². The summed E-state index contributed by atoms with van der Waals surface area (Å²) < 4.78 is 5.97. The lowest BCUT2D eigenvalue weighted by molar-refractivity contribution is -0.138. The Morgan fingerprint density at radius 3 is 2.78 bits per heavy atom. The van der Waals surface area contributed by atoms with Crippen LogP contribution < -0.4 is 5.32 Å². The predicted octanol–water partition coefficient (Wildman–Crippen LogP) is 3.16. The van der Waals surface area contributed by atoms with Crippen molar-refractivity contribution in [3.63, 3.8) is 0 Å². The first-order chi connectivity index (χ1) is 15.5. The van der Waals surface area contributed by atoms with Gasteiger partial charge in [-0.3, -0.25) is 14.6 Å². The molecule has 1 N–H and O–H groups in total. The predicted molar refractivity (Wildman–Crippen MR) is 122 cm³/mol. The van der Waals surface area contributed by atoms with E-state index in [1.807, 2.05) is 42.5 Å². The lowest BCUT2D eigenvalue weighted by Gasteiger charge is -2.33. The summed E-state index contributed by atoms with van der Waals surface area (Å²) in [6.07, 6.45) is 1.55. The van der Waals surface area contributed by atoms with Crippen molar-refractivity contribution >= 4 is 22.7 Å². The summed E-state index contributed by atoms with van der Waals surface area (Å²) in [5.41, 5.74) is 2.72. The van der Waals surface area contributed by atoms with Crippen molar-refractivity contribution in [3.8, 4) is 0 Å². The second-order valence-corrected chi connectivity index (χ2v) is 8.41. The van der Waals surface area contributed by atoms with Crippen molar-refractivity contribution < 1.29 is 14.3 Å². The highest BCUT2D eigenvalue weighted by Crippen LogP contribution is 2.26. The summed E-state index contributed by atoms with van der Waals surface area (Å²) in [4.78, 5) is 36.5. The number of hydrogen-bond acceptors (Lipinski definition) is 5. The number of amides is 2. The zero-order chi connectivity index (χ0) is 22.5. The summed E-state index contributed by atoms with van der Waals surface area (Å²) in [5.74, 6) is 0.233. The van der Waals surface area contributed by atoms with E-state index in [-0.39, 0.29) is 18.2 Å². The minimum Gasteiger partial charge on any atom is -0.368 e. The molecule has 7 heteroatoms. The van der Waals surface area contributed by atoms with Gasteiger partial charge < -0.3 is 15.0 Å². The Morgan fingerprint density at radius 2 is 2.00 bits per heavy atom. The number of nitrogens with one attached hydrogen (secondary N) is 1. The van der Waals surface area contributed by atoms with Crippen LogP contribution in [0.5, 0.6) is 0 Å². The van der Waals surface area contributed by atoms with Crippen molar-refractivity contribution in [3.05, 3.63) is 71.7 Å². The van der Waals surface area contributed by atoms with Gasteiger partial charge in [0.05, 0.1) is 36.3 Å². The molecule has 1 aliphatic rings. The minimum atomic E-state index is -0.391. The van der Waals surface area contributed by atoms with Gasteiger partial charge in [0, 0.05) is 30.4 Å². The molecule has 32 heavy (non-hydrogen) atoms. The molecule has 3 heterocycles. The van der Waals surface area contributed by atoms with Gasteiger partial charge in [-0.15, -0.1) is 0 Å². The molecule has 2 amide bonds. The molecule has 0 radical (unpaired) electrons. The van der Waals surface area contributed by atoms with Gasteiger partial charge in [0.25, 0.3) is 5.91 Å². The van der Waals surface area contributed by atoms with Crippen LogP contribution >= 0.6 is 0 Å². The van der Waals surface area contributed by atoms with Crippen LogP contribution in [0.2, 0.25) is 0 Å². The number of morpholine rings is 1. The summed E-state index contributed by atoms with van der Waals surface area (Å²) >= 11 is 0. The van der Waals surface area contributed by atoms with E-state index in [2.05, 4.69) is 24.1 Å². The van der Waals surface area contributed by atoms with Gasteiger partial charge in [-0.2, -0.15) is 0 Å². The van der Waals surface area contributed by atoms with E-state index in [4.69, 9.17) is 9.72 Å². The molecule has 2 aromatic heterocycles. The third-order valence-corrected chi connectivity index (χ3v) is 5.46. The first-order valence-electron chi connectivity index (χ1n) is 11.0. The number of benzene rings is 1. The third kappa shape index (κ3) is 5.11. The van der Waals surface area contributed by atoms with E-state index in [1.165, 1.54) is 0 Å². The molecular weight excluding hydrogens is 404 g/mol. The molecule has 0 spiro atoms. The zero-order valence-electron chi connectivity index (χ0n) is 18.5. The first kappa shape index (κ1) is 21.9. The molecule has 3 aromatic rings. The summed E-state index contributed by atoms with van der Waals surface area (Å²) in [7, 11) is 0. The number of carbonyl (C=O) groups excluding carboxylic acids is 2. The molecule has 1 aliphatic heterocycles. The fourth-order valence-electron chi connectivity index (χ4n) is 3.76. The fourth-order valence-corrected chi connectivity index (χ4v) is 3.76. The van der Waals surface area contributed by atoms with E-state index >= 15 is 0 Å². The molecule has 1 atom stereocenters. The van der Waals surface area contributed by atoms with Gasteiger partial charge in [0.1, 0.15) is 6.10 Å². The largest absolute Gasteiger partial charge is 0.368 e. The van der Waals surface area contributed by atoms with Crippen LogP contribution in [0.1, 0.15) is 41.7 Å². The second-order valence-electron chi connectivity index (χ2n) is 8.41. The number of pyridine rings is 2. The highest BCUT2D eigenvalue weighted by Gasteiger charge is 2.28. The average molecular weight is 433 g/mol. The van der Waals surface area contributed by atoms with Crippen molar-refractivity contribution in [2.45, 2.75) is 26.4 Å². The monoisotopic (exact) mass is 432 g/mol. The maximum absolute atomic E-state index is 12.9. The van der Waals surface area contributed by atoms with Crippen LogP contribution in [-0.4, -0.2) is 52.9 Å². The Bertz CT molecular complexity index is 1100. The van der Waals surface area contributed by atoms with E-state index in [0.717, 1.165) is 16.6 Å². The molecule has 4 rings (SSSR count). The Hall–Kier alpha value is -3.32. The number of para-hydroxylation sites is 1. The molecule has 1 unspecified atom stereocenters.